The van der Waals surface area contributed by atoms with E-state index in [1.165, 1.54) is 17.4 Å². The summed E-state index contributed by atoms with van der Waals surface area (Å²) in [4.78, 5) is 22.5. The second-order valence-corrected chi connectivity index (χ2v) is 7.25. The van der Waals surface area contributed by atoms with Gasteiger partial charge in [-0.25, -0.2) is 14.6 Å². The van der Waals surface area contributed by atoms with Crippen molar-refractivity contribution in [3.63, 3.8) is 0 Å². The van der Waals surface area contributed by atoms with Crippen molar-refractivity contribution in [3.05, 3.63) is 71.9 Å². The third-order valence-electron chi connectivity index (χ3n) is 4.28. The minimum absolute atomic E-state index is 0.322. The number of rotatable bonds is 7. The summed E-state index contributed by atoms with van der Waals surface area (Å²) in [5, 5.41) is 8.96. The third-order valence-corrected chi connectivity index (χ3v) is 5.15. The number of carbonyl (C=O) groups excluding carboxylic acids is 1. The van der Waals surface area contributed by atoms with Crippen molar-refractivity contribution in [2.45, 2.75) is 0 Å². The van der Waals surface area contributed by atoms with Crippen molar-refractivity contribution in [3.8, 4) is 28.0 Å². The molecule has 0 saturated heterocycles. The number of nitrogens with zero attached hydrogens (tertiary/aromatic N) is 4. The number of thiophene rings is 1. The molecule has 1 aromatic carbocycles. The van der Waals surface area contributed by atoms with Crippen LogP contribution in [0.25, 0.3) is 22.6 Å². The Labute approximate surface area is 182 Å². The topological polar surface area (TPSA) is 91.2 Å². The molecule has 3 aromatic heterocycles. The molecule has 0 radical (unpaired) electrons. The monoisotopic (exact) mass is 433 g/mol. The largest absolute Gasteiger partial charge is 0.493 e. The van der Waals surface area contributed by atoms with Crippen molar-refractivity contribution in [1.29, 1.82) is 0 Å². The first-order valence-corrected chi connectivity index (χ1v) is 10.2. The first-order valence-electron chi connectivity index (χ1n) is 9.30. The van der Waals surface area contributed by atoms with Crippen molar-refractivity contribution in [1.82, 2.24) is 19.7 Å². The second kappa shape index (κ2) is 9.23. The zero-order valence-electron chi connectivity index (χ0n) is 16.9. The zero-order valence-corrected chi connectivity index (χ0v) is 17.7. The minimum atomic E-state index is -0.322. The molecule has 31 heavy (non-hydrogen) atoms. The van der Waals surface area contributed by atoms with E-state index in [0.717, 1.165) is 10.4 Å². The SMILES string of the molecule is COc1ccc(C=CC(=O)Nc2cc(-n3cccn3)nc(-c3cccs3)n2)cc1OC. The van der Waals surface area contributed by atoms with Crippen molar-refractivity contribution in [2.75, 3.05) is 19.5 Å². The molecule has 0 spiro atoms. The Morgan fingerprint density at radius 3 is 2.68 bits per heavy atom. The Morgan fingerprint density at radius 1 is 1.10 bits per heavy atom. The van der Waals surface area contributed by atoms with Crippen LogP contribution in [0.5, 0.6) is 11.5 Å². The number of anilines is 1. The Kier molecular flexibility index (Phi) is 6.04. The highest BCUT2D eigenvalue weighted by molar-refractivity contribution is 7.13. The van der Waals surface area contributed by atoms with Gasteiger partial charge < -0.3 is 14.8 Å². The highest BCUT2D eigenvalue weighted by Gasteiger charge is 2.11. The van der Waals surface area contributed by atoms with Crippen LogP contribution >= 0.6 is 11.3 Å². The maximum absolute atomic E-state index is 12.5. The standard InChI is InChI=1S/C22H19N5O3S/c1-29-16-8-6-15(13-17(16)30-2)7-9-21(28)24-19-14-20(27-11-4-10-23-27)26-22(25-19)18-5-3-12-31-18/h3-14H,1-2H3,(H,24,25,26,28). The van der Waals surface area contributed by atoms with E-state index in [1.807, 2.05) is 23.6 Å². The lowest BCUT2D eigenvalue weighted by Crippen LogP contribution is -2.11. The van der Waals surface area contributed by atoms with Gasteiger partial charge in [0.05, 0.1) is 19.1 Å². The van der Waals surface area contributed by atoms with E-state index in [4.69, 9.17) is 9.47 Å². The maximum atomic E-state index is 12.5. The lowest BCUT2D eigenvalue weighted by molar-refractivity contribution is -0.111. The van der Waals surface area contributed by atoms with Crippen LogP contribution in [0.1, 0.15) is 5.56 Å². The van der Waals surface area contributed by atoms with Gasteiger partial charge in [0.2, 0.25) is 5.91 Å². The summed E-state index contributed by atoms with van der Waals surface area (Å²) in [6, 6.07) is 12.7. The number of carbonyl (C=O) groups is 1. The summed E-state index contributed by atoms with van der Waals surface area (Å²) in [6.45, 7) is 0. The molecule has 0 bridgehead atoms. The van der Waals surface area contributed by atoms with Crippen LogP contribution in [0.2, 0.25) is 0 Å². The summed E-state index contributed by atoms with van der Waals surface area (Å²) in [6.07, 6.45) is 6.56. The molecular weight excluding hydrogens is 414 g/mol. The highest BCUT2D eigenvalue weighted by Crippen LogP contribution is 2.28. The Balaban J connectivity index is 1.57. The predicted octanol–water partition coefficient (Wildman–Crippen LogP) is 4.06. The number of aromatic nitrogens is 4. The van der Waals surface area contributed by atoms with Crippen molar-refractivity contribution in [2.24, 2.45) is 0 Å². The van der Waals surface area contributed by atoms with Gasteiger partial charge in [0, 0.05) is 24.5 Å². The van der Waals surface area contributed by atoms with Gasteiger partial charge in [0.25, 0.3) is 0 Å². The molecule has 1 N–H and O–H groups in total. The molecule has 3 heterocycles. The van der Waals surface area contributed by atoms with Crippen LogP contribution in [-0.2, 0) is 4.79 Å². The molecule has 0 unspecified atom stereocenters. The first-order chi connectivity index (χ1) is 15.2. The lowest BCUT2D eigenvalue weighted by atomic mass is 10.2. The van der Waals surface area contributed by atoms with E-state index < -0.39 is 0 Å². The van der Waals surface area contributed by atoms with Gasteiger partial charge in [-0.2, -0.15) is 5.10 Å². The fourth-order valence-electron chi connectivity index (χ4n) is 2.83. The summed E-state index contributed by atoms with van der Waals surface area (Å²) in [5.41, 5.74) is 0.798. The van der Waals surface area contributed by atoms with Crippen LogP contribution in [0.15, 0.2) is 66.3 Å². The molecule has 0 aliphatic rings. The van der Waals surface area contributed by atoms with Crippen LogP contribution in [0, 0.1) is 0 Å². The number of amides is 1. The summed E-state index contributed by atoms with van der Waals surface area (Å²) >= 11 is 1.52. The number of ether oxygens (including phenoxy) is 2. The first kappa shape index (κ1) is 20.3. The van der Waals surface area contributed by atoms with E-state index in [2.05, 4.69) is 20.4 Å². The molecule has 4 rings (SSSR count). The van der Waals surface area contributed by atoms with Crippen LogP contribution in [-0.4, -0.2) is 39.9 Å². The van der Waals surface area contributed by atoms with E-state index in [9.17, 15) is 4.79 Å². The molecule has 0 saturated carbocycles. The van der Waals surface area contributed by atoms with Gasteiger partial charge in [-0.05, 0) is 41.3 Å². The molecule has 0 aliphatic carbocycles. The third kappa shape index (κ3) is 4.78. The molecule has 0 fully saturated rings. The van der Waals surface area contributed by atoms with Crippen LogP contribution < -0.4 is 14.8 Å². The molecular formula is C22H19N5O3S. The van der Waals surface area contributed by atoms with Crippen LogP contribution in [0.4, 0.5) is 5.82 Å². The Bertz CT molecular complexity index is 1150. The zero-order chi connectivity index (χ0) is 21.6. The molecule has 0 aliphatic heterocycles. The van der Waals surface area contributed by atoms with Gasteiger partial charge in [0.1, 0.15) is 5.82 Å². The Morgan fingerprint density at radius 2 is 1.97 bits per heavy atom. The van der Waals surface area contributed by atoms with Crippen LogP contribution in [0.3, 0.4) is 0 Å². The highest BCUT2D eigenvalue weighted by atomic mass is 32.1. The Hall–Kier alpha value is -3.98. The van der Waals surface area contributed by atoms with Crippen molar-refractivity contribution >= 4 is 29.1 Å². The fraction of sp³-hybridized carbons (Fsp3) is 0.0909. The average molecular weight is 433 g/mol. The number of benzene rings is 1. The molecule has 0 atom stereocenters. The molecule has 9 heteroatoms. The number of hydrogen-bond acceptors (Lipinski definition) is 7. The molecule has 8 nitrogen and oxygen atoms in total. The van der Waals surface area contributed by atoms with E-state index in [-0.39, 0.29) is 5.91 Å². The van der Waals surface area contributed by atoms with E-state index in [0.29, 0.717) is 29.0 Å². The summed E-state index contributed by atoms with van der Waals surface area (Å²) in [7, 11) is 3.14. The number of hydrogen-bond donors (Lipinski definition) is 1. The van der Waals surface area contributed by atoms with Crippen molar-refractivity contribution < 1.29 is 14.3 Å². The quantitative estimate of drug-likeness (QED) is 0.442. The van der Waals surface area contributed by atoms with Gasteiger partial charge in [0.15, 0.2) is 23.1 Å². The number of methoxy groups -OCH3 is 2. The molecule has 156 valence electrons. The van der Waals surface area contributed by atoms with E-state index >= 15 is 0 Å². The normalized spacial score (nSPS) is 10.9. The van der Waals surface area contributed by atoms with Gasteiger partial charge in [-0.15, -0.1) is 11.3 Å². The second-order valence-electron chi connectivity index (χ2n) is 6.30. The lowest BCUT2D eigenvalue weighted by Gasteiger charge is -2.08. The summed E-state index contributed by atoms with van der Waals surface area (Å²) < 4.78 is 12.1. The maximum Gasteiger partial charge on any atom is 0.249 e. The smallest absolute Gasteiger partial charge is 0.249 e. The number of nitrogens with one attached hydrogen (secondary N) is 1. The van der Waals surface area contributed by atoms with E-state index in [1.54, 1.807) is 61.6 Å². The predicted molar refractivity (Wildman–Crippen MR) is 120 cm³/mol. The molecule has 1 amide bonds. The van der Waals surface area contributed by atoms with Gasteiger partial charge in [-0.3, -0.25) is 4.79 Å². The average Bonchev–Trinajstić information content (AvgIpc) is 3.52. The minimum Gasteiger partial charge on any atom is -0.493 e. The summed E-state index contributed by atoms with van der Waals surface area (Å²) in [5.74, 6) is 2.34. The fourth-order valence-corrected chi connectivity index (χ4v) is 3.49. The molecule has 4 aromatic rings. The van der Waals surface area contributed by atoms with Gasteiger partial charge in [-0.1, -0.05) is 12.1 Å². The van der Waals surface area contributed by atoms with Gasteiger partial charge >= 0.3 is 0 Å².